The Morgan fingerprint density at radius 1 is 1.20 bits per heavy atom. The van der Waals surface area contributed by atoms with Crippen LogP contribution in [0.4, 0.5) is 18.9 Å². The number of nitro groups is 1. The summed E-state index contributed by atoms with van der Waals surface area (Å²) in [6, 6.07) is 13.0. The molecule has 1 heterocycles. The molecular formula is C27H20BrF3N4O6. The van der Waals surface area contributed by atoms with Crippen LogP contribution in [-0.4, -0.2) is 39.5 Å². The van der Waals surface area contributed by atoms with Crippen molar-refractivity contribution in [2.45, 2.75) is 26.1 Å². The van der Waals surface area contributed by atoms with E-state index < -0.39 is 40.0 Å². The van der Waals surface area contributed by atoms with Crippen molar-refractivity contribution >= 4 is 44.7 Å². The van der Waals surface area contributed by atoms with Crippen LogP contribution in [0.15, 0.2) is 75.0 Å². The highest BCUT2D eigenvalue weighted by Gasteiger charge is 2.31. The first kappa shape index (κ1) is 29.4. The van der Waals surface area contributed by atoms with Gasteiger partial charge in [-0.1, -0.05) is 24.3 Å². The van der Waals surface area contributed by atoms with Crippen LogP contribution in [0.5, 0.6) is 5.75 Å². The molecule has 0 fully saturated rings. The van der Waals surface area contributed by atoms with Crippen molar-refractivity contribution < 1.29 is 32.4 Å². The number of benzene rings is 3. The van der Waals surface area contributed by atoms with E-state index in [1.54, 1.807) is 25.1 Å². The minimum atomic E-state index is -4.64. The number of alkyl halides is 3. The van der Waals surface area contributed by atoms with Gasteiger partial charge in [-0.15, -0.1) is 0 Å². The summed E-state index contributed by atoms with van der Waals surface area (Å²) in [6.45, 7) is 3.07. The number of aromatic nitrogens is 2. The maximum atomic E-state index is 13.4. The van der Waals surface area contributed by atoms with Crippen molar-refractivity contribution in [1.82, 2.24) is 9.66 Å². The second-order valence-corrected chi connectivity index (χ2v) is 9.37. The summed E-state index contributed by atoms with van der Waals surface area (Å²) in [4.78, 5) is 40.8. The van der Waals surface area contributed by atoms with Gasteiger partial charge in [0, 0.05) is 17.2 Å². The molecule has 3 aromatic carbocycles. The first-order valence-corrected chi connectivity index (χ1v) is 12.7. The van der Waals surface area contributed by atoms with Gasteiger partial charge in [0.1, 0.15) is 0 Å². The molecular weight excluding hydrogens is 613 g/mol. The number of nitro benzene ring substituents is 1. The number of carbonyl (C=O) groups excluding carboxylic acids is 1. The second kappa shape index (κ2) is 11.9. The van der Waals surface area contributed by atoms with Crippen molar-refractivity contribution in [3.8, 4) is 17.1 Å². The number of hydrogen-bond donors (Lipinski definition) is 0. The Kier molecular flexibility index (Phi) is 8.52. The third-order valence-corrected chi connectivity index (χ3v) is 6.27. The van der Waals surface area contributed by atoms with Crippen molar-refractivity contribution in [2.24, 2.45) is 5.10 Å². The maximum Gasteiger partial charge on any atom is 0.416 e. The fourth-order valence-corrected chi connectivity index (χ4v) is 4.35. The van der Waals surface area contributed by atoms with Crippen molar-refractivity contribution in [1.29, 1.82) is 0 Å². The minimum Gasteiger partial charge on any atom is -0.471 e. The standard InChI is InChI=1S/C27H20BrF3N4O6/c1-3-40-26(37)15(2)41-23-20(28)11-16(12-22(23)35(38)39)14-32-34-24(17-7-6-8-18(13-17)27(29,30)31)33-21-10-5-4-9-19(21)25(34)36/h4-15H,3H2,1-2H3/t15-/m1/s1. The number of carbonyl (C=O) groups is 1. The molecule has 0 unspecified atom stereocenters. The Morgan fingerprint density at radius 2 is 1.93 bits per heavy atom. The van der Waals surface area contributed by atoms with Gasteiger partial charge in [0.25, 0.3) is 5.56 Å². The topological polar surface area (TPSA) is 126 Å². The molecule has 0 saturated heterocycles. The highest BCUT2D eigenvalue weighted by molar-refractivity contribution is 9.10. The van der Waals surface area contributed by atoms with E-state index in [-0.39, 0.29) is 44.7 Å². The third-order valence-electron chi connectivity index (χ3n) is 5.68. The van der Waals surface area contributed by atoms with Gasteiger partial charge in [-0.2, -0.15) is 22.9 Å². The monoisotopic (exact) mass is 632 g/mol. The lowest BCUT2D eigenvalue weighted by atomic mass is 10.1. The Hall–Kier alpha value is -4.59. The lowest BCUT2D eigenvalue weighted by Gasteiger charge is -2.15. The molecule has 0 aliphatic heterocycles. The average Bonchev–Trinajstić information content (AvgIpc) is 2.93. The summed E-state index contributed by atoms with van der Waals surface area (Å²) in [6.07, 6.45) is -4.67. The molecule has 4 rings (SSSR count). The summed E-state index contributed by atoms with van der Waals surface area (Å²) in [5.41, 5.74) is -1.78. The fourth-order valence-electron chi connectivity index (χ4n) is 3.79. The number of para-hydroxylation sites is 1. The van der Waals surface area contributed by atoms with E-state index in [0.717, 1.165) is 29.1 Å². The summed E-state index contributed by atoms with van der Waals surface area (Å²) >= 11 is 3.20. The maximum absolute atomic E-state index is 13.4. The first-order valence-electron chi connectivity index (χ1n) is 12.0. The van der Waals surface area contributed by atoms with Crippen LogP contribution < -0.4 is 10.3 Å². The quantitative estimate of drug-likeness (QED) is 0.101. The van der Waals surface area contributed by atoms with Gasteiger partial charge in [0.2, 0.25) is 5.75 Å². The summed E-state index contributed by atoms with van der Waals surface area (Å²) in [5.74, 6) is -1.13. The average molecular weight is 633 g/mol. The third kappa shape index (κ3) is 6.43. The molecule has 14 heteroatoms. The molecule has 4 aromatic rings. The van der Waals surface area contributed by atoms with E-state index in [1.807, 2.05) is 0 Å². The highest BCUT2D eigenvalue weighted by atomic mass is 79.9. The largest absolute Gasteiger partial charge is 0.471 e. The predicted octanol–water partition coefficient (Wildman–Crippen LogP) is 5.97. The predicted molar refractivity (Wildman–Crippen MR) is 147 cm³/mol. The SMILES string of the molecule is CCOC(=O)[C@@H](C)Oc1c(Br)cc(C=Nn2c(-c3cccc(C(F)(F)F)c3)nc3ccccc3c2=O)cc1[N+](=O)[O-]. The summed E-state index contributed by atoms with van der Waals surface area (Å²) < 4.78 is 51.5. The van der Waals surface area contributed by atoms with Gasteiger partial charge in [-0.25, -0.2) is 9.78 Å². The molecule has 10 nitrogen and oxygen atoms in total. The van der Waals surface area contributed by atoms with Crippen LogP contribution in [0, 0.1) is 10.1 Å². The number of ether oxygens (including phenoxy) is 2. The Bertz CT molecular complexity index is 1740. The molecule has 1 aromatic heterocycles. The number of nitrogens with zero attached hydrogens (tertiary/aromatic N) is 4. The van der Waals surface area contributed by atoms with E-state index >= 15 is 0 Å². The lowest BCUT2D eigenvalue weighted by Crippen LogP contribution is -2.26. The number of esters is 1. The van der Waals surface area contributed by atoms with Gasteiger partial charge in [-0.3, -0.25) is 14.9 Å². The zero-order valence-corrected chi connectivity index (χ0v) is 23.0. The van der Waals surface area contributed by atoms with Crippen LogP contribution in [0.2, 0.25) is 0 Å². The normalized spacial score (nSPS) is 12.4. The van der Waals surface area contributed by atoms with Gasteiger partial charge >= 0.3 is 17.8 Å². The van der Waals surface area contributed by atoms with E-state index in [1.165, 1.54) is 31.2 Å². The van der Waals surface area contributed by atoms with E-state index in [9.17, 15) is 32.9 Å². The van der Waals surface area contributed by atoms with Gasteiger partial charge in [0.15, 0.2) is 11.9 Å². The minimum absolute atomic E-state index is 0.0244. The molecule has 0 radical (unpaired) electrons. The molecule has 0 spiro atoms. The van der Waals surface area contributed by atoms with E-state index in [0.29, 0.717) is 0 Å². The lowest BCUT2D eigenvalue weighted by molar-refractivity contribution is -0.386. The van der Waals surface area contributed by atoms with Crippen LogP contribution in [0.3, 0.4) is 0 Å². The first-order chi connectivity index (χ1) is 19.4. The number of rotatable bonds is 8. The second-order valence-electron chi connectivity index (χ2n) is 8.51. The molecule has 41 heavy (non-hydrogen) atoms. The molecule has 0 bridgehead atoms. The van der Waals surface area contributed by atoms with Crippen LogP contribution in [-0.2, 0) is 15.7 Å². The fraction of sp³-hybridized carbons (Fsp3) is 0.185. The van der Waals surface area contributed by atoms with E-state index in [2.05, 4.69) is 26.0 Å². The number of fused-ring (bicyclic) bond motifs is 1. The van der Waals surface area contributed by atoms with Gasteiger partial charge in [0.05, 0.1) is 38.7 Å². The van der Waals surface area contributed by atoms with Crippen LogP contribution in [0.25, 0.3) is 22.3 Å². The molecule has 0 amide bonds. The number of halogens is 4. The molecule has 0 saturated carbocycles. The summed E-state index contributed by atoms with van der Waals surface area (Å²) in [7, 11) is 0. The molecule has 0 aliphatic carbocycles. The smallest absolute Gasteiger partial charge is 0.416 e. The van der Waals surface area contributed by atoms with Crippen molar-refractivity contribution in [3.63, 3.8) is 0 Å². The zero-order valence-electron chi connectivity index (χ0n) is 21.4. The Balaban J connectivity index is 1.83. The highest BCUT2D eigenvalue weighted by Crippen LogP contribution is 2.37. The van der Waals surface area contributed by atoms with Crippen LogP contribution >= 0.6 is 15.9 Å². The molecule has 0 aliphatic rings. The Morgan fingerprint density at radius 3 is 2.61 bits per heavy atom. The molecule has 1 atom stereocenters. The van der Waals surface area contributed by atoms with Gasteiger partial charge in [-0.05, 0) is 60.1 Å². The Labute approximate surface area is 238 Å². The van der Waals surface area contributed by atoms with E-state index in [4.69, 9.17) is 9.47 Å². The van der Waals surface area contributed by atoms with Gasteiger partial charge < -0.3 is 9.47 Å². The number of hydrogen-bond acceptors (Lipinski definition) is 8. The van der Waals surface area contributed by atoms with Crippen molar-refractivity contribution in [3.05, 3.63) is 96.7 Å². The summed E-state index contributed by atoms with van der Waals surface area (Å²) in [5, 5.41) is 16.1. The molecule has 0 N–H and O–H groups in total. The zero-order chi connectivity index (χ0) is 29.9. The molecule has 212 valence electrons. The van der Waals surface area contributed by atoms with Crippen LogP contribution in [0.1, 0.15) is 25.0 Å². The van der Waals surface area contributed by atoms with Crippen molar-refractivity contribution in [2.75, 3.05) is 6.61 Å².